The van der Waals surface area contributed by atoms with Crippen LogP contribution in [0.25, 0.3) is 5.65 Å². The molecule has 2 aliphatic rings. The van der Waals surface area contributed by atoms with Crippen LogP contribution in [0.2, 0.25) is 0 Å². The van der Waals surface area contributed by atoms with Crippen molar-refractivity contribution in [2.75, 3.05) is 29.9 Å². The van der Waals surface area contributed by atoms with Crippen molar-refractivity contribution in [2.45, 2.75) is 25.7 Å². The van der Waals surface area contributed by atoms with E-state index in [4.69, 9.17) is 0 Å². The Morgan fingerprint density at radius 2 is 2.04 bits per heavy atom. The maximum atomic E-state index is 4.62. The maximum Gasteiger partial charge on any atom is 0.178 e. The van der Waals surface area contributed by atoms with Gasteiger partial charge in [0, 0.05) is 43.2 Å². The van der Waals surface area contributed by atoms with Gasteiger partial charge >= 0.3 is 0 Å². The summed E-state index contributed by atoms with van der Waals surface area (Å²) in [5, 5.41) is 16.2. The van der Waals surface area contributed by atoms with E-state index in [-0.39, 0.29) is 0 Å². The van der Waals surface area contributed by atoms with Gasteiger partial charge in [0.1, 0.15) is 18.0 Å². The number of aryl methyl sites for hydroxylation is 1. The second kappa shape index (κ2) is 5.65. The molecule has 4 heterocycles. The van der Waals surface area contributed by atoms with Crippen LogP contribution in [0.4, 0.5) is 11.6 Å². The minimum Gasteiger partial charge on any atom is -0.370 e. The molecule has 5 rings (SSSR count). The van der Waals surface area contributed by atoms with E-state index < -0.39 is 0 Å². The molecule has 1 N–H and O–H groups in total. The molecule has 3 aromatic heterocycles. The summed E-state index contributed by atoms with van der Waals surface area (Å²) in [7, 11) is 0. The van der Waals surface area contributed by atoms with Crippen LogP contribution in [-0.4, -0.2) is 49.4 Å². The summed E-state index contributed by atoms with van der Waals surface area (Å²) in [6.45, 7) is 4.82. The summed E-state index contributed by atoms with van der Waals surface area (Å²) in [4.78, 5) is 11.0. The van der Waals surface area contributed by atoms with Gasteiger partial charge in [-0.3, -0.25) is 0 Å². The monoisotopic (exact) mass is 336 g/mol. The van der Waals surface area contributed by atoms with Gasteiger partial charge in [0.05, 0.1) is 0 Å². The van der Waals surface area contributed by atoms with Gasteiger partial charge in [-0.25, -0.2) is 9.97 Å². The molecule has 128 valence electrons. The largest absolute Gasteiger partial charge is 0.370 e. The summed E-state index contributed by atoms with van der Waals surface area (Å²) in [6, 6.07) is 6.08. The Morgan fingerprint density at radius 3 is 2.88 bits per heavy atom. The third kappa shape index (κ3) is 2.77. The fourth-order valence-electron chi connectivity index (χ4n) is 3.26. The molecule has 25 heavy (non-hydrogen) atoms. The van der Waals surface area contributed by atoms with Gasteiger partial charge in [0.15, 0.2) is 11.5 Å². The standard InChI is InChI=1S/C17H20N8/c1-11-21-22-16-4-5-17(23-25(11)16)24-8-12(9-24)7-18-15-6-14(13-2-3-13)19-10-20-15/h4-6,10,12-13H,2-3,7-9H2,1H3,(H,18,19,20). The van der Waals surface area contributed by atoms with Gasteiger partial charge in [-0.2, -0.15) is 4.52 Å². The Bertz CT molecular complexity index is 910. The Kier molecular flexibility index (Phi) is 3.29. The quantitative estimate of drug-likeness (QED) is 0.758. The summed E-state index contributed by atoms with van der Waals surface area (Å²) in [5.74, 6) is 3.98. The predicted molar refractivity (Wildman–Crippen MR) is 93.7 cm³/mol. The molecule has 1 saturated carbocycles. The van der Waals surface area contributed by atoms with E-state index in [9.17, 15) is 0 Å². The summed E-state index contributed by atoms with van der Waals surface area (Å²) < 4.78 is 1.79. The van der Waals surface area contributed by atoms with Crippen molar-refractivity contribution in [3.05, 3.63) is 36.0 Å². The lowest BCUT2D eigenvalue weighted by atomic mass is 10.0. The molecule has 1 aliphatic heterocycles. The third-order valence-corrected chi connectivity index (χ3v) is 4.94. The lowest BCUT2D eigenvalue weighted by molar-refractivity contribution is 0.424. The van der Waals surface area contributed by atoms with Gasteiger partial charge in [0.25, 0.3) is 0 Å². The molecule has 0 radical (unpaired) electrons. The minimum atomic E-state index is 0.596. The molecule has 0 atom stereocenters. The second-order valence-corrected chi connectivity index (χ2v) is 6.96. The first kappa shape index (κ1) is 14.6. The zero-order chi connectivity index (χ0) is 16.8. The third-order valence-electron chi connectivity index (χ3n) is 4.94. The zero-order valence-electron chi connectivity index (χ0n) is 14.1. The SMILES string of the molecule is Cc1nnc2ccc(N3CC(CNc4cc(C5CC5)ncn4)C3)nn12. The van der Waals surface area contributed by atoms with Crippen LogP contribution in [0.3, 0.4) is 0 Å². The Labute approximate surface area is 145 Å². The number of anilines is 2. The van der Waals surface area contributed by atoms with Crippen molar-refractivity contribution in [1.82, 2.24) is 29.8 Å². The fourth-order valence-corrected chi connectivity index (χ4v) is 3.26. The smallest absolute Gasteiger partial charge is 0.178 e. The van der Waals surface area contributed by atoms with Crippen LogP contribution < -0.4 is 10.2 Å². The van der Waals surface area contributed by atoms with E-state index in [1.807, 2.05) is 19.1 Å². The van der Waals surface area contributed by atoms with Crippen molar-refractivity contribution in [3.8, 4) is 0 Å². The van der Waals surface area contributed by atoms with Crippen molar-refractivity contribution < 1.29 is 0 Å². The van der Waals surface area contributed by atoms with Gasteiger partial charge in [0.2, 0.25) is 0 Å². The average Bonchev–Trinajstić information content (AvgIpc) is 3.38. The summed E-state index contributed by atoms with van der Waals surface area (Å²) in [5.41, 5.74) is 1.96. The van der Waals surface area contributed by atoms with Crippen LogP contribution in [0, 0.1) is 12.8 Å². The molecule has 1 saturated heterocycles. The van der Waals surface area contributed by atoms with Gasteiger partial charge in [-0.15, -0.1) is 15.3 Å². The van der Waals surface area contributed by atoms with Crippen molar-refractivity contribution in [2.24, 2.45) is 5.92 Å². The number of rotatable bonds is 5. The molecule has 0 spiro atoms. The molecule has 0 amide bonds. The maximum absolute atomic E-state index is 4.62. The first-order valence-corrected chi connectivity index (χ1v) is 8.76. The normalized spacial score (nSPS) is 17.7. The molecule has 3 aromatic rings. The van der Waals surface area contributed by atoms with E-state index >= 15 is 0 Å². The molecular formula is C17H20N8. The highest BCUT2D eigenvalue weighted by molar-refractivity contribution is 5.47. The number of hydrogen-bond donors (Lipinski definition) is 1. The number of nitrogens with one attached hydrogen (secondary N) is 1. The molecule has 2 fully saturated rings. The lowest BCUT2D eigenvalue weighted by Gasteiger charge is -2.40. The summed E-state index contributed by atoms with van der Waals surface area (Å²) in [6.07, 6.45) is 4.19. The lowest BCUT2D eigenvalue weighted by Crippen LogP contribution is -2.50. The Morgan fingerprint density at radius 1 is 1.16 bits per heavy atom. The number of aromatic nitrogens is 6. The number of nitrogens with zero attached hydrogens (tertiary/aromatic N) is 7. The Hall–Kier alpha value is -2.77. The molecule has 8 heteroatoms. The number of fused-ring (bicyclic) bond motifs is 1. The Balaban J connectivity index is 1.18. The van der Waals surface area contributed by atoms with Gasteiger partial charge in [-0.1, -0.05) is 0 Å². The average molecular weight is 336 g/mol. The minimum absolute atomic E-state index is 0.596. The molecule has 0 unspecified atom stereocenters. The van der Waals surface area contributed by atoms with Crippen LogP contribution in [0.15, 0.2) is 24.5 Å². The molecule has 0 aromatic carbocycles. The first-order chi connectivity index (χ1) is 12.3. The second-order valence-electron chi connectivity index (χ2n) is 6.96. The van der Waals surface area contributed by atoms with Crippen molar-refractivity contribution in [3.63, 3.8) is 0 Å². The van der Waals surface area contributed by atoms with Crippen molar-refractivity contribution >= 4 is 17.3 Å². The predicted octanol–water partition coefficient (Wildman–Crippen LogP) is 1.65. The highest BCUT2D eigenvalue weighted by Gasteiger charge is 2.28. The van der Waals surface area contributed by atoms with Crippen LogP contribution in [-0.2, 0) is 0 Å². The van der Waals surface area contributed by atoms with E-state index in [2.05, 4.69) is 41.5 Å². The van der Waals surface area contributed by atoms with Crippen LogP contribution in [0.5, 0.6) is 0 Å². The van der Waals surface area contributed by atoms with Gasteiger partial charge < -0.3 is 10.2 Å². The van der Waals surface area contributed by atoms with E-state index in [0.717, 1.165) is 42.7 Å². The molecule has 8 nitrogen and oxygen atoms in total. The molecular weight excluding hydrogens is 316 g/mol. The fraction of sp³-hybridized carbons (Fsp3) is 0.471. The first-order valence-electron chi connectivity index (χ1n) is 8.76. The molecule has 0 bridgehead atoms. The van der Waals surface area contributed by atoms with E-state index in [1.165, 1.54) is 18.5 Å². The van der Waals surface area contributed by atoms with E-state index in [1.54, 1.807) is 10.8 Å². The van der Waals surface area contributed by atoms with Crippen LogP contribution in [0.1, 0.15) is 30.3 Å². The van der Waals surface area contributed by atoms with Crippen LogP contribution >= 0.6 is 0 Å². The highest BCUT2D eigenvalue weighted by atomic mass is 15.4. The zero-order valence-corrected chi connectivity index (χ0v) is 14.1. The number of hydrogen-bond acceptors (Lipinski definition) is 7. The highest BCUT2D eigenvalue weighted by Crippen LogP contribution is 2.39. The van der Waals surface area contributed by atoms with Crippen molar-refractivity contribution in [1.29, 1.82) is 0 Å². The van der Waals surface area contributed by atoms with Gasteiger partial charge in [-0.05, 0) is 31.9 Å². The summed E-state index contributed by atoms with van der Waals surface area (Å²) >= 11 is 0. The van der Waals surface area contributed by atoms with E-state index in [0.29, 0.717) is 11.8 Å². The topological polar surface area (TPSA) is 84.1 Å². The molecule has 1 aliphatic carbocycles.